The number of aliphatic hydroxyl groups excluding tert-OH is 2. The first-order valence-electron chi connectivity index (χ1n) is 4.82. The highest BCUT2D eigenvalue weighted by molar-refractivity contribution is 4.85. The van der Waals surface area contributed by atoms with Crippen LogP contribution in [0.3, 0.4) is 0 Å². The third-order valence-electron chi connectivity index (χ3n) is 2.53. The fourth-order valence-corrected chi connectivity index (χ4v) is 1.52. The van der Waals surface area contributed by atoms with Crippen LogP contribution >= 0.6 is 0 Å². The third kappa shape index (κ3) is 2.33. The topological polar surface area (TPSA) is 58.9 Å². The van der Waals surface area contributed by atoms with Gasteiger partial charge in [0.25, 0.3) is 0 Å². The second kappa shape index (κ2) is 4.89. The molecule has 14 heavy (non-hydrogen) atoms. The van der Waals surface area contributed by atoms with Crippen molar-refractivity contribution in [1.29, 1.82) is 0 Å². The minimum Gasteiger partial charge on any atom is -0.390 e. The van der Waals surface area contributed by atoms with Gasteiger partial charge in [0.1, 0.15) is 6.10 Å². The largest absolute Gasteiger partial charge is 0.390 e. The summed E-state index contributed by atoms with van der Waals surface area (Å²) in [4.78, 5) is 0. The quantitative estimate of drug-likeness (QED) is 0.646. The molecular formula is C10H18O4. The van der Waals surface area contributed by atoms with Crippen LogP contribution in [0.1, 0.15) is 13.8 Å². The van der Waals surface area contributed by atoms with Gasteiger partial charge in [-0.2, -0.15) is 0 Å². The highest BCUT2D eigenvalue weighted by atomic mass is 16.7. The van der Waals surface area contributed by atoms with E-state index in [1.54, 1.807) is 19.9 Å². The average Bonchev–Trinajstić information content (AvgIpc) is 2.18. The van der Waals surface area contributed by atoms with Crippen LogP contribution in [0, 0.1) is 5.92 Å². The van der Waals surface area contributed by atoms with E-state index in [0.717, 1.165) is 0 Å². The van der Waals surface area contributed by atoms with E-state index < -0.39 is 24.6 Å². The second-order valence-corrected chi connectivity index (χ2v) is 3.67. The molecule has 0 aromatic heterocycles. The van der Waals surface area contributed by atoms with E-state index in [1.165, 1.54) is 0 Å². The van der Waals surface area contributed by atoms with Crippen molar-refractivity contribution in [2.45, 2.75) is 38.4 Å². The SMILES string of the molecule is C=CCO[C@H]1OC(C)[C@@H](O)[C@H](O)C1C. The molecule has 4 nitrogen and oxygen atoms in total. The summed E-state index contributed by atoms with van der Waals surface area (Å²) in [6.07, 6.45) is -0.891. The van der Waals surface area contributed by atoms with Gasteiger partial charge < -0.3 is 19.7 Å². The van der Waals surface area contributed by atoms with E-state index >= 15 is 0 Å². The summed E-state index contributed by atoms with van der Waals surface area (Å²) >= 11 is 0. The van der Waals surface area contributed by atoms with Crippen molar-refractivity contribution in [3.63, 3.8) is 0 Å². The molecule has 0 bridgehead atoms. The van der Waals surface area contributed by atoms with Crippen LogP contribution in [0.15, 0.2) is 12.7 Å². The van der Waals surface area contributed by atoms with Crippen molar-refractivity contribution < 1.29 is 19.7 Å². The van der Waals surface area contributed by atoms with Crippen LogP contribution in [-0.2, 0) is 9.47 Å². The van der Waals surface area contributed by atoms with Crippen LogP contribution in [0.25, 0.3) is 0 Å². The van der Waals surface area contributed by atoms with Crippen LogP contribution in [-0.4, -0.2) is 41.4 Å². The molecule has 0 spiro atoms. The maximum Gasteiger partial charge on any atom is 0.163 e. The van der Waals surface area contributed by atoms with E-state index in [1.807, 2.05) is 0 Å². The van der Waals surface area contributed by atoms with Crippen molar-refractivity contribution in [3.8, 4) is 0 Å². The molecule has 0 saturated carbocycles. The van der Waals surface area contributed by atoms with Gasteiger partial charge in [-0.25, -0.2) is 0 Å². The molecule has 0 radical (unpaired) electrons. The normalized spacial score (nSPS) is 43.6. The Morgan fingerprint density at radius 3 is 2.57 bits per heavy atom. The number of ether oxygens (including phenoxy) is 2. The lowest BCUT2D eigenvalue weighted by atomic mass is 9.93. The third-order valence-corrected chi connectivity index (χ3v) is 2.53. The van der Waals surface area contributed by atoms with E-state index in [9.17, 15) is 10.2 Å². The molecule has 0 aromatic rings. The Bertz CT molecular complexity index is 195. The standard InChI is InChI=1S/C10H18O4/c1-4-5-13-10-6(2)8(11)9(12)7(3)14-10/h4,6-12H,1,5H2,2-3H3/t6?,7?,8-,9-,10+/m1/s1. The average molecular weight is 202 g/mol. The Hall–Kier alpha value is -0.420. The van der Waals surface area contributed by atoms with Crippen LogP contribution in [0.5, 0.6) is 0 Å². The highest BCUT2D eigenvalue weighted by Gasteiger charge is 2.40. The molecule has 2 N–H and O–H groups in total. The summed E-state index contributed by atoms with van der Waals surface area (Å²) in [5.74, 6) is -0.235. The predicted octanol–water partition coefficient (Wildman–Crippen LogP) is 0.292. The Morgan fingerprint density at radius 1 is 1.36 bits per heavy atom. The molecule has 4 heteroatoms. The van der Waals surface area contributed by atoms with Gasteiger partial charge in [0.05, 0.1) is 18.8 Å². The lowest BCUT2D eigenvalue weighted by Gasteiger charge is -2.39. The molecule has 1 saturated heterocycles. The first-order chi connectivity index (χ1) is 6.57. The minimum absolute atomic E-state index is 0.235. The maximum atomic E-state index is 9.65. The highest BCUT2D eigenvalue weighted by Crippen LogP contribution is 2.26. The van der Waals surface area contributed by atoms with Gasteiger partial charge in [0.2, 0.25) is 0 Å². The summed E-state index contributed by atoms with van der Waals surface area (Å²) in [6, 6.07) is 0. The van der Waals surface area contributed by atoms with Gasteiger partial charge in [0, 0.05) is 5.92 Å². The molecule has 1 aliphatic rings. The predicted molar refractivity (Wildman–Crippen MR) is 51.7 cm³/mol. The Kier molecular flexibility index (Phi) is 4.07. The van der Waals surface area contributed by atoms with Gasteiger partial charge in [-0.1, -0.05) is 13.0 Å². The Labute approximate surface area is 84.1 Å². The first kappa shape index (κ1) is 11.7. The fourth-order valence-electron chi connectivity index (χ4n) is 1.52. The number of aliphatic hydroxyl groups is 2. The van der Waals surface area contributed by atoms with E-state index in [0.29, 0.717) is 6.61 Å². The molecule has 0 amide bonds. The van der Waals surface area contributed by atoms with E-state index in [2.05, 4.69) is 6.58 Å². The van der Waals surface area contributed by atoms with Crippen molar-refractivity contribution in [3.05, 3.63) is 12.7 Å². The number of hydrogen-bond acceptors (Lipinski definition) is 4. The first-order valence-corrected chi connectivity index (χ1v) is 4.82. The summed E-state index contributed by atoms with van der Waals surface area (Å²) in [7, 11) is 0. The monoisotopic (exact) mass is 202 g/mol. The molecule has 0 aliphatic carbocycles. The number of rotatable bonds is 3. The molecule has 1 rings (SSSR count). The lowest BCUT2D eigenvalue weighted by molar-refractivity contribution is -0.269. The van der Waals surface area contributed by atoms with Gasteiger partial charge in [-0.15, -0.1) is 6.58 Å². The van der Waals surface area contributed by atoms with Gasteiger partial charge >= 0.3 is 0 Å². The van der Waals surface area contributed by atoms with Gasteiger partial charge in [-0.3, -0.25) is 0 Å². The number of hydrogen-bond donors (Lipinski definition) is 2. The zero-order chi connectivity index (χ0) is 10.7. The molecule has 0 aromatic carbocycles. The zero-order valence-corrected chi connectivity index (χ0v) is 8.59. The molecule has 2 unspecified atom stereocenters. The minimum atomic E-state index is -0.839. The van der Waals surface area contributed by atoms with Crippen LogP contribution in [0.2, 0.25) is 0 Å². The molecule has 1 fully saturated rings. The molecule has 1 aliphatic heterocycles. The van der Waals surface area contributed by atoms with Crippen LogP contribution in [0.4, 0.5) is 0 Å². The van der Waals surface area contributed by atoms with Crippen molar-refractivity contribution in [1.82, 2.24) is 0 Å². The maximum absolute atomic E-state index is 9.65. The Morgan fingerprint density at radius 2 is 2.00 bits per heavy atom. The van der Waals surface area contributed by atoms with Crippen molar-refractivity contribution in [2.75, 3.05) is 6.61 Å². The molecule has 82 valence electrons. The van der Waals surface area contributed by atoms with Crippen molar-refractivity contribution in [2.24, 2.45) is 5.92 Å². The zero-order valence-electron chi connectivity index (χ0n) is 8.59. The van der Waals surface area contributed by atoms with Gasteiger partial charge in [0.15, 0.2) is 6.29 Å². The molecule has 1 heterocycles. The summed E-state index contributed by atoms with van der Waals surface area (Å²) in [5.41, 5.74) is 0. The summed E-state index contributed by atoms with van der Waals surface area (Å²) in [5, 5.41) is 19.2. The van der Waals surface area contributed by atoms with E-state index in [4.69, 9.17) is 9.47 Å². The van der Waals surface area contributed by atoms with Crippen molar-refractivity contribution >= 4 is 0 Å². The summed E-state index contributed by atoms with van der Waals surface area (Å²) < 4.78 is 10.7. The second-order valence-electron chi connectivity index (χ2n) is 3.67. The fraction of sp³-hybridized carbons (Fsp3) is 0.800. The van der Waals surface area contributed by atoms with Crippen LogP contribution < -0.4 is 0 Å². The smallest absolute Gasteiger partial charge is 0.163 e. The summed E-state index contributed by atoms with van der Waals surface area (Å²) in [6.45, 7) is 7.41. The lowest BCUT2D eigenvalue weighted by Crippen LogP contribution is -2.53. The van der Waals surface area contributed by atoms with E-state index in [-0.39, 0.29) is 5.92 Å². The molecular weight excluding hydrogens is 184 g/mol. The Balaban J connectivity index is 2.55. The molecule has 5 atom stereocenters. The van der Waals surface area contributed by atoms with Gasteiger partial charge in [-0.05, 0) is 6.92 Å².